The SMILES string of the molecule is CNS(=O)(=O)c1ccccc1OC1CCCCC1CN. The van der Waals surface area contributed by atoms with Gasteiger partial charge in [0, 0.05) is 5.92 Å². The van der Waals surface area contributed by atoms with E-state index < -0.39 is 10.0 Å². The Labute approximate surface area is 120 Å². The molecule has 112 valence electrons. The third-order valence-corrected chi connectivity index (χ3v) is 5.28. The molecule has 5 nitrogen and oxygen atoms in total. The van der Waals surface area contributed by atoms with Gasteiger partial charge in [-0.2, -0.15) is 0 Å². The molecule has 2 rings (SSSR count). The molecular formula is C14H22N2O3S. The average Bonchev–Trinajstić information content (AvgIpc) is 2.48. The molecule has 20 heavy (non-hydrogen) atoms. The van der Waals surface area contributed by atoms with Crippen molar-refractivity contribution >= 4 is 10.0 Å². The van der Waals surface area contributed by atoms with Crippen LogP contribution in [0.4, 0.5) is 0 Å². The van der Waals surface area contributed by atoms with E-state index in [1.165, 1.54) is 7.05 Å². The smallest absolute Gasteiger partial charge is 0.243 e. The number of rotatable bonds is 5. The van der Waals surface area contributed by atoms with Crippen LogP contribution in [0.2, 0.25) is 0 Å². The Hall–Kier alpha value is -1.11. The van der Waals surface area contributed by atoms with Crippen LogP contribution in [-0.2, 0) is 10.0 Å². The van der Waals surface area contributed by atoms with Crippen molar-refractivity contribution in [3.8, 4) is 5.75 Å². The van der Waals surface area contributed by atoms with Crippen molar-refractivity contribution in [2.24, 2.45) is 11.7 Å². The van der Waals surface area contributed by atoms with Crippen LogP contribution >= 0.6 is 0 Å². The van der Waals surface area contributed by atoms with Gasteiger partial charge in [0.15, 0.2) is 0 Å². The highest BCUT2D eigenvalue weighted by Gasteiger charge is 2.27. The monoisotopic (exact) mass is 298 g/mol. The number of hydrogen-bond donors (Lipinski definition) is 2. The van der Waals surface area contributed by atoms with Gasteiger partial charge in [-0.05, 0) is 45.0 Å². The van der Waals surface area contributed by atoms with Crippen LogP contribution in [0.3, 0.4) is 0 Å². The third-order valence-electron chi connectivity index (χ3n) is 3.83. The zero-order valence-corrected chi connectivity index (χ0v) is 12.5. The lowest BCUT2D eigenvalue weighted by molar-refractivity contribution is 0.0940. The van der Waals surface area contributed by atoms with E-state index >= 15 is 0 Å². The molecule has 0 aromatic heterocycles. The standard InChI is InChI=1S/C14H22N2O3S/c1-16-20(17,18)14-9-5-4-8-13(14)19-12-7-3-2-6-11(12)10-15/h4-5,8-9,11-12,16H,2-3,6-7,10,15H2,1H3. The highest BCUT2D eigenvalue weighted by atomic mass is 32.2. The number of hydrogen-bond acceptors (Lipinski definition) is 4. The summed E-state index contributed by atoms with van der Waals surface area (Å²) in [6, 6.07) is 6.73. The molecule has 1 aromatic rings. The molecule has 6 heteroatoms. The van der Waals surface area contributed by atoms with Gasteiger partial charge in [0.25, 0.3) is 0 Å². The fourth-order valence-electron chi connectivity index (χ4n) is 2.64. The summed E-state index contributed by atoms with van der Waals surface area (Å²) < 4.78 is 32.3. The molecule has 1 aliphatic carbocycles. The minimum atomic E-state index is -3.51. The molecule has 0 radical (unpaired) electrons. The zero-order valence-electron chi connectivity index (χ0n) is 11.7. The van der Waals surface area contributed by atoms with Gasteiger partial charge in [0.05, 0.1) is 0 Å². The number of nitrogens with two attached hydrogens (primary N) is 1. The number of para-hydroxylation sites is 1. The van der Waals surface area contributed by atoms with Crippen molar-refractivity contribution in [2.75, 3.05) is 13.6 Å². The summed E-state index contributed by atoms with van der Waals surface area (Å²) in [6.45, 7) is 0.575. The Kier molecular flexibility index (Phi) is 5.01. The van der Waals surface area contributed by atoms with Gasteiger partial charge in [0.2, 0.25) is 10.0 Å². The van der Waals surface area contributed by atoms with Crippen molar-refractivity contribution in [1.29, 1.82) is 0 Å². The topological polar surface area (TPSA) is 81.4 Å². The first-order valence-corrected chi connectivity index (χ1v) is 8.46. The Bertz CT molecular complexity index is 545. The van der Waals surface area contributed by atoms with Crippen molar-refractivity contribution in [3.63, 3.8) is 0 Å². The molecule has 3 N–H and O–H groups in total. The van der Waals surface area contributed by atoms with E-state index in [1.807, 2.05) is 0 Å². The minimum Gasteiger partial charge on any atom is -0.489 e. The Morgan fingerprint density at radius 3 is 2.70 bits per heavy atom. The molecule has 1 aromatic carbocycles. The molecule has 1 aliphatic rings. The molecule has 0 saturated heterocycles. The van der Waals surface area contributed by atoms with E-state index in [4.69, 9.17) is 10.5 Å². The second-order valence-electron chi connectivity index (χ2n) is 5.09. The molecular weight excluding hydrogens is 276 g/mol. The summed E-state index contributed by atoms with van der Waals surface area (Å²) in [5.74, 6) is 0.710. The van der Waals surface area contributed by atoms with Crippen molar-refractivity contribution in [3.05, 3.63) is 24.3 Å². The highest BCUT2D eigenvalue weighted by Crippen LogP contribution is 2.31. The van der Waals surface area contributed by atoms with Crippen LogP contribution in [0.5, 0.6) is 5.75 Å². The Balaban J connectivity index is 2.25. The Morgan fingerprint density at radius 1 is 1.30 bits per heavy atom. The second kappa shape index (κ2) is 6.56. The van der Waals surface area contributed by atoms with Crippen LogP contribution in [-0.4, -0.2) is 28.1 Å². The largest absolute Gasteiger partial charge is 0.489 e. The predicted molar refractivity (Wildman–Crippen MR) is 78.1 cm³/mol. The summed E-state index contributed by atoms with van der Waals surface area (Å²) in [4.78, 5) is 0.184. The lowest BCUT2D eigenvalue weighted by atomic mass is 9.86. The lowest BCUT2D eigenvalue weighted by Gasteiger charge is -2.31. The number of ether oxygens (including phenoxy) is 1. The maximum Gasteiger partial charge on any atom is 0.243 e. The number of sulfonamides is 1. The summed E-state index contributed by atoms with van der Waals surface area (Å²) in [6.07, 6.45) is 4.24. The minimum absolute atomic E-state index is 0.00181. The van der Waals surface area contributed by atoms with E-state index in [0.29, 0.717) is 18.2 Å². The molecule has 0 amide bonds. The first kappa shape index (κ1) is 15.3. The normalized spacial score (nSPS) is 23.5. The zero-order chi connectivity index (χ0) is 14.6. The highest BCUT2D eigenvalue weighted by molar-refractivity contribution is 7.89. The van der Waals surface area contributed by atoms with Crippen LogP contribution in [0.15, 0.2) is 29.2 Å². The average molecular weight is 298 g/mol. The summed E-state index contributed by atoms with van der Waals surface area (Å²) in [7, 11) is -2.11. The maximum atomic E-state index is 12.0. The maximum absolute atomic E-state index is 12.0. The fraction of sp³-hybridized carbons (Fsp3) is 0.571. The van der Waals surface area contributed by atoms with Crippen molar-refractivity contribution in [1.82, 2.24) is 4.72 Å². The van der Waals surface area contributed by atoms with Crippen molar-refractivity contribution < 1.29 is 13.2 Å². The lowest BCUT2D eigenvalue weighted by Crippen LogP contribution is -2.35. The van der Waals surface area contributed by atoms with E-state index in [2.05, 4.69) is 4.72 Å². The van der Waals surface area contributed by atoms with E-state index in [-0.39, 0.29) is 11.0 Å². The predicted octanol–water partition coefficient (Wildman–Crippen LogP) is 1.49. The van der Waals surface area contributed by atoms with Gasteiger partial charge in [0.1, 0.15) is 16.7 Å². The quantitative estimate of drug-likeness (QED) is 0.863. The van der Waals surface area contributed by atoms with Gasteiger partial charge in [-0.3, -0.25) is 0 Å². The summed E-state index contributed by atoms with van der Waals surface area (Å²) >= 11 is 0. The summed E-state index contributed by atoms with van der Waals surface area (Å²) in [5, 5.41) is 0. The van der Waals surface area contributed by atoms with Crippen LogP contribution in [0.1, 0.15) is 25.7 Å². The van der Waals surface area contributed by atoms with E-state index in [1.54, 1.807) is 24.3 Å². The molecule has 1 fully saturated rings. The molecule has 0 spiro atoms. The summed E-state index contributed by atoms with van der Waals surface area (Å²) in [5.41, 5.74) is 5.79. The van der Waals surface area contributed by atoms with Crippen molar-refractivity contribution in [2.45, 2.75) is 36.7 Å². The molecule has 1 saturated carbocycles. The van der Waals surface area contributed by atoms with Gasteiger partial charge in [-0.1, -0.05) is 18.6 Å². The molecule has 0 heterocycles. The number of benzene rings is 1. The fourth-order valence-corrected chi connectivity index (χ4v) is 3.50. The number of nitrogens with one attached hydrogen (secondary N) is 1. The van der Waals surface area contributed by atoms with Gasteiger partial charge in [-0.25, -0.2) is 13.1 Å². The molecule has 2 atom stereocenters. The first-order valence-electron chi connectivity index (χ1n) is 6.98. The second-order valence-corrected chi connectivity index (χ2v) is 6.95. The first-order chi connectivity index (χ1) is 9.58. The molecule has 0 bridgehead atoms. The Morgan fingerprint density at radius 2 is 2.00 bits per heavy atom. The van der Waals surface area contributed by atoms with Crippen LogP contribution < -0.4 is 15.2 Å². The molecule has 0 aliphatic heterocycles. The van der Waals surface area contributed by atoms with E-state index in [9.17, 15) is 8.42 Å². The van der Waals surface area contributed by atoms with E-state index in [0.717, 1.165) is 25.7 Å². The van der Waals surface area contributed by atoms with Gasteiger partial charge in [-0.15, -0.1) is 0 Å². The third kappa shape index (κ3) is 3.31. The van der Waals surface area contributed by atoms with Gasteiger partial charge >= 0.3 is 0 Å². The van der Waals surface area contributed by atoms with Crippen LogP contribution in [0, 0.1) is 5.92 Å². The van der Waals surface area contributed by atoms with Crippen LogP contribution in [0.25, 0.3) is 0 Å². The molecule has 2 unspecified atom stereocenters. The van der Waals surface area contributed by atoms with Gasteiger partial charge < -0.3 is 10.5 Å².